The van der Waals surface area contributed by atoms with Crippen molar-refractivity contribution in [2.75, 3.05) is 7.11 Å². The Morgan fingerprint density at radius 2 is 0.825 bits per heavy atom. The normalized spacial score (nSPS) is 10.6. The fourth-order valence-corrected chi connectivity index (χ4v) is 3.88. The minimum absolute atomic E-state index is 0.0422. The summed E-state index contributed by atoms with van der Waals surface area (Å²) in [5.41, 5.74) is 3.45. The second kappa shape index (κ2) is 13.9. The lowest BCUT2D eigenvalue weighted by atomic mass is 9.86. The molecule has 5 nitrogen and oxygen atoms in total. The molecule has 0 aliphatic rings. The van der Waals surface area contributed by atoms with Crippen molar-refractivity contribution >= 4 is 23.1 Å². The first kappa shape index (κ1) is 29.9. The van der Waals surface area contributed by atoms with Crippen LogP contribution in [0.5, 0.6) is 5.75 Å². The van der Waals surface area contributed by atoms with Gasteiger partial charge in [0.1, 0.15) is 5.75 Å². The van der Waals surface area contributed by atoms with Crippen LogP contribution in [0.1, 0.15) is 80.6 Å². The molecule has 4 rings (SSSR count). The first-order valence-electron chi connectivity index (χ1n) is 13.1. The van der Waals surface area contributed by atoms with Crippen molar-refractivity contribution in [3.8, 4) is 5.75 Å². The zero-order valence-corrected chi connectivity index (χ0v) is 23.3. The lowest BCUT2D eigenvalue weighted by Gasteiger charge is -2.18. The van der Waals surface area contributed by atoms with Gasteiger partial charge in [-0.3, -0.25) is 19.2 Å². The molecule has 0 saturated carbocycles. The van der Waals surface area contributed by atoms with Gasteiger partial charge in [0.05, 0.1) is 20.0 Å². The quantitative estimate of drug-likeness (QED) is 0.163. The number of carbonyl (C=O) groups is 4. The molecule has 5 heteroatoms. The minimum Gasteiger partial charge on any atom is -0.497 e. The van der Waals surface area contributed by atoms with Gasteiger partial charge in [-0.25, -0.2) is 0 Å². The van der Waals surface area contributed by atoms with Crippen LogP contribution in [-0.4, -0.2) is 30.2 Å². The third-order valence-electron chi connectivity index (χ3n) is 6.32. The van der Waals surface area contributed by atoms with Crippen molar-refractivity contribution in [2.24, 2.45) is 0 Å². The average molecular weight is 535 g/mol. The molecule has 0 N–H and O–H groups in total. The topological polar surface area (TPSA) is 77.5 Å². The number of methoxy groups -OCH3 is 1. The molecule has 40 heavy (non-hydrogen) atoms. The molecule has 204 valence electrons. The summed E-state index contributed by atoms with van der Waals surface area (Å²) in [6.07, 6.45) is -0.199. The molecular weight excluding hydrogens is 500 g/mol. The molecule has 0 radical (unpaired) electrons. The van der Waals surface area contributed by atoms with Crippen LogP contribution in [0, 0.1) is 0 Å². The van der Waals surface area contributed by atoms with Crippen LogP contribution >= 0.6 is 0 Å². The van der Waals surface area contributed by atoms with Gasteiger partial charge in [0, 0.05) is 22.3 Å². The standard InChI is InChI=1S/C20H22O3.C15H12O2/c1-20(2,3)16-9-5-14(6-10-16)18(21)13-19(22)15-7-11-17(23-4)12-8-15;16-14(12-7-3-1-4-8-12)11-15(17)13-9-5-2-6-10-13/h5-12H,13H2,1-4H3;1-10H,11H2. The van der Waals surface area contributed by atoms with Gasteiger partial charge < -0.3 is 4.74 Å². The Morgan fingerprint density at radius 1 is 0.500 bits per heavy atom. The summed E-state index contributed by atoms with van der Waals surface area (Å²) >= 11 is 0. The number of hydrogen-bond acceptors (Lipinski definition) is 5. The summed E-state index contributed by atoms with van der Waals surface area (Å²) in [6, 6.07) is 32.0. The fourth-order valence-electron chi connectivity index (χ4n) is 3.88. The van der Waals surface area contributed by atoms with Gasteiger partial charge in [-0.05, 0) is 35.2 Å². The maximum atomic E-state index is 12.3. The van der Waals surface area contributed by atoms with E-state index in [0.717, 1.165) is 5.56 Å². The van der Waals surface area contributed by atoms with Crippen LogP contribution < -0.4 is 4.74 Å². The van der Waals surface area contributed by atoms with Gasteiger partial charge in [-0.15, -0.1) is 0 Å². The molecule has 0 spiro atoms. The Kier molecular flexibility index (Phi) is 10.4. The Hall–Kier alpha value is -4.64. The van der Waals surface area contributed by atoms with Crippen molar-refractivity contribution in [3.63, 3.8) is 0 Å². The number of rotatable bonds is 9. The van der Waals surface area contributed by atoms with Gasteiger partial charge in [0.25, 0.3) is 0 Å². The van der Waals surface area contributed by atoms with E-state index in [0.29, 0.717) is 28.0 Å². The van der Waals surface area contributed by atoms with Crippen LogP contribution in [0.4, 0.5) is 0 Å². The summed E-state index contributed by atoms with van der Waals surface area (Å²) in [5, 5.41) is 0. The van der Waals surface area contributed by atoms with Crippen molar-refractivity contribution in [1.29, 1.82) is 0 Å². The monoisotopic (exact) mass is 534 g/mol. The van der Waals surface area contributed by atoms with E-state index in [1.54, 1.807) is 92.0 Å². The highest BCUT2D eigenvalue weighted by Crippen LogP contribution is 2.23. The van der Waals surface area contributed by atoms with E-state index in [1.165, 1.54) is 0 Å². The number of ketones is 4. The lowest BCUT2D eigenvalue weighted by molar-refractivity contribution is 0.0878. The molecule has 0 fully saturated rings. The average Bonchev–Trinajstić information content (AvgIpc) is 2.98. The molecule has 0 aliphatic carbocycles. The van der Waals surface area contributed by atoms with E-state index in [1.807, 2.05) is 24.3 Å². The molecule has 4 aromatic carbocycles. The molecule has 0 heterocycles. The predicted octanol–water partition coefficient (Wildman–Crippen LogP) is 7.59. The third-order valence-corrected chi connectivity index (χ3v) is 6.32. The van der Waals surface area contributed by atoms with E-state index in [2.05, 4.69) is 20.8 Å². The number of hydrogen-bond donors (Lipinski definition) is 0. The fraction of sp³-hybridized carbons (Fsp3) is 0.200. The Balaban J connectivity index is 0.000000230. The Labute approximate surface area is 235 Å². The van der Waals surface area contributed by atoms with Crippen molar-refractivity contribution in [3.05, 3.63) is 137 Å². The van der Waals surface area contributed by atoms with E-state index in [9.17, 15) is 19.2 Å². The van der Waals surface area contributed by atoms with Gasteiger partial charge in [-0.1, -0.05) is 106 Å². The van der Waals surface area contributed by atoms with E-state index < -0.39 is 0 Å². The van der Waals surface area contributed by atoms with Crippen LogP contribution in [0.3, 0.4) is 0 Å². The minimum atomic E-state index is -0.183. The zero-order chi connectivity index (χ0) is 29.1. The Morgan fingerprint density at radius 3 is 1.15 bits per heavy atom. The summed E-state index contributed by atoms with van der Waals surface area (Å²) in [5.74, 6) is 0.0633. The lowest BCUT2D eigenvalue weighted by Crippen LogP contribution is -2.12. The summed E-state index contributed by atoms with van der Waals surface area (Å²) in [4.78, 5) is 48.1. The highest BCUT2D eigenvalue weighted by atomic mass is 16.5. The molecule has 0 unspecified atom stereocenters. The van der Waals surface area contributed by atoms with Gasteiger partial charge in [0.2, 0.25) is 0 Å². The first-order valence-corrected chi connectivity index (χ1v) is 13.1. The summed E-state index contributed by atoms with van der Waals surface area (Å²) in [6.45, 7) is 6.37. The maximum Gasteiger partial charge on any atom is 0.170 e. The highest BCUT2D eigenvalue weighted by Gasteiger charge is 2.17. The third kappa shape index (κ3) is 8.70. The van der Waals surface area contributed by atoms with E-state index in [-0.39, 0.29) is 41.4 Å². The largest absolute Gasteiger partial charge is 0.497 e. The summed E-state index contributed by atoms with van der Waals surface area (Å²) in [7, 11) is 1.57. The van der Waals surface area contributed by atoms with Crippen LogP contribution in [0.15, 0.2) is 109 Å². The van der Waals surface area contributed by atoms with Gasteiger partial charge in [0.15, 0.2) is 23.1 Å². The second-order valence-electron chi connectivity index (χ2n) is 10.3. The van der Waals surface area contributed by atoms with Crippen LogP contribution in [0.2, 0.25) is 0 Å². The highest BCUT2D eigenvalue weighted by molar-refractivity contribution is 6.14. The van der Waals surface area contributed by atoms with E-state index in [4.69, 9.17) is 4.74 Å². The maximum absolute atomic E-state index is 12.3. The van der Waals surface area contributed by atoms with Crippen LogP contribution in [-0.2, 0) is 5.41 Å². The zero-order valence-electron chi connectivity index (χ0n) is 23.3. The van der Waals surface area contributed by atoms with Gasteiger partial charge >= 0.3 is 0 Å². The molecule has 0 aromatic heterocycles. The molecule has 4 aromatic rings. The summed E-state index contributed by atoms with van der Waals surface area (Å²) < 4.78 is 5.06. The molecule has 0 amide bonds. The van der Waals surface area contributed by atoms with E-state index >= 15 is 0 Å². The Bertz CT molecular complexity index is 1380. The molecule has 0 atom stereocenters. The first-order chi connectivity index (χ1) is 19.1. The van der Waals surface area contributed by atoms with Crippen molar-refractivity contribution < 1.29 is 23.9 Å². The molecular formula is C35H34O5. The molecule has 0 aliphatic heterocycles. The number of Topliss-reactive ketones (excluding diaryl/α,β-unsaturated/α-hetero) is 4. The SMILES string of the molecule is COc1ccc(C(=O)CC(=O)c2ccc(C(C)(C)C)cc2)cc1.O=C(CC(=O)c1ccccc1)c1ccccc1. The molecule has 0 saturated heterocycles. The van der Waals surface area contributed by atoms with Gasteiger partial charge in [-0.2, -0.15) is 0 Å². The van der Waals surface area contributed by atoms with Crippen molar-refractivity contribution in [1.82, 2.24) is 0 Å². The number of benzene rings is 4. The predicted molar refractivity (Wildman–Crippen MR) is 158 cm³/mol. The van der Waals surface area contributed by atoms with Crippen LogP contribution in [0.25, 0.3) is 0 Å². The smallest absolute Gasteiger partial charge is 0.170 e. The number of ether oxygens (including phenoxy) is 1. The van der Waals surface area contributed by atoms with Crippen molar-refractivity contribution in [2.45, 2.75) is 39.0 Å². The second-order valence-corrected chi connectivity index (χ2v) is 10.3. The molecule has 0 bridgehead atoms. The number of carbonyl (C=O) groups excluding carboxylic acids is 4.